The number of nitrogens with one attached hydrogen (secondary N) is 1. The van der Waals surface area contributed by atoms with Crippen LogP contribution in [0.3, 0.4) is 0 Å². The Morgan fingerprint density at radius 1 is 1.44 bits per heavy atom. The lowest BCUT2D eigenvalue weighted by atomic mass is 10.0. The summed E-state index contributed by atoms with van der Waals surface area (Å²) in [4.78, 5) is 11.7. The maximum Gasteiger partial charge on any atom is 0.241 e. The van der Waals surface area contributed by atoms with E-state index in [9.17, 15) is 4.79 Å². The molecule has 1 unspecified atom stereocenters. The van der Waals surface area contributed by atoms with Crippen LogP contribution in [0.4, 0.5) is 5.82 Å². The monoisotopic (exact) mass is 252 g/mol. The van der Waals surface area contributed by atoms with Gasteiger partial charge in [-0.15, -0.1) is 0 Å². The van der Waals surface area contributed by atoms with E-state index in [0.717, 1.165) is 18.8 Å². The van der Waals surface area contributed by atoms with Gasteiger partial charge in [-0.1, -0.05) is 26.7 Å². The van der Waals surface area contributed by atoms with Gasteiger partial charge in [0.2, 0.25) is 5.91 Å². The van der Waals surface area contributed by atoms with Gasteiger partial charge in [0.1, 0.15) is 12.4 Å². The lowest BCUT2D eigenvalue weighted by Crippen LogP contribution is -2.35. The van der Waals surface area contributed by atoms with Gasteiger partial charge in [-0.25, -0.2) is 0 Å². The first kappa shape index (κ1) is 14.5. The number of carbonyl (C=O) groups excluding carboxylic acids is 1. The first-order valence-corrected chi connectivity index (χ1v) is 6.55. The number of nitrogen functional groups attached to an aromatic ring is 1. The molecular formula is C13H24N4O. The molecular weight excluding hydrogens is 228 g/mol. The number of nitrogens with two attached hydrogens (primary N) is 1. The van der Waals surface area contributed by atoms with Crippen LogP contribution in [-0.4, -0.2) is 21.7 Å². The van der Waals surface area contributed by atoms with E-state index in [1.165, 1.54) is 6.42 Å². The summed E-state index contributed by atoms with van der Waals surface area (Å²) in [5, 5.41) is 6.95. The maximum absolute atomic E-state index is 11.7. The number of hydrogen-bond acceptors (Lipinski definition) is 3. The van der Waals surface area contributed by atoms with Crippen LogP contribution in [0.5, 0.6) is 0 Å². The molecule has 0 bridgehead atoms. The summed E-state index contributed by atoms with van der Waals surface area (Å²) in [7, 11) is 0. The molecule has 1 atom stereocenters. The molecule has 0 saturated carbocycles. The molecule has 0 spiro atoms. The zero-order chi connectivity index (χ0) is 13.5. The second kappa shape index (κ2) is 7.03. The molecule has 5 nitrogen and oxygen atoms in total. The van der Waals surface area contributed by atoms with Crippen LogP contribution in [-0.2, 0) is 11.3 Å². The van der Waals surface area contributed by atoms with Crippen molar-refractivity contribution < 1.29 is 4.79 Å². The fraction of sp³-hybridized carbons (Fsp3) is 0.692. The Labute approximate surface area is 109 Å². The topological polar surface area (TPSA) is 72.9 Å². The highest BCUT2D eigenvalue weighted by atomic mass is 16.2. The summed E-state index contributed by atoms with van der Waals surface area (Å²) in [5.41, 5.74) is 5.49. The van der Waals surface area contributed by atoms with Crippen molar-refractivity contribution in [3.05, 3.63) is 12.3 Å². The highest BCUT2D eigenvalue weighted by molar-refractivity contribution is 5.75. The van der Waals surface area contributed by atoms with E-state index in [0.29, 0.717) is 5.82 Å². The first-order chi connectivity index (χ1) is 8.47. The number of carbonyl (C=O) groups is 1. The molecule has 0 aliphatic rings. The standard InChI is InChI=1S/C13H24N4O/c1-10(2)5-4-6-11(3)15-13(18)9-17-8-7-12(14)16-17/h7-8,10-11H,4-6,9H2,1-3H3,(H2,14,16)(H,15,18). The van der Waals surface area contributed by atoms with E-state index in [4.69, 9.17) is 5.73 Å². The summed E-state index contributed by atoms with van der Waals surface area (Å²) < 4.78 is 1.55. The third-order valence-corrected chi connectivity index (χ3v) is 2.79. The maximum atomic E-state index is 11.7. The Kier molecular flexibility index (Phi) is 5.68. The Hall–Kier alpha value is -1.52. The molecule has 0 aliphatic heterocycles. The van der Waals surface area contributed by atoms with Gasteiger partial charge in [0.25, 0.3) is 0 Å². The van der Waals surface area contributed by atoms with Crippen LogP contribution < -0.4 is 11.1 Å². The lowest BCUT2D eigenvalue weighted by Gasteiger charge is -2.14. The van der Waals surface area contributed by atoms with Gasteiger partial charge in [-0.05, 0) is 25.3 Å². The average molecular weight is 252 g/mol. The molecule has 3 N–H and O–H groups in total. The van der Waals surface area contributed by atoms with E-state index in [-0.39, 0.29) is 18.5 Å². The fourth-order valence-corrected chi connectivity index (χ4v) is 1.84. The Balaban J connectivity index is 2.23. The van der Waals surface area contributed by atoms with Crippen molar-refractivity contribution in [1.82, 2.24) is 15.1 Å². The smallest absolute Gasteiger partial charge is 0.241 e. The molecule has 1 aromatic rings. The molecule has 0 aliphatic carbocycles. The largest absolute Gasteiger partial charge is 0.382 e. The Morgan fingerprint density at radius 2 is 2.17 bits per heavy atom. The highest BCUT2D eigenvalue weighted by Crippen LogP contribution is 2.08. The second-order valence-electron chi connectivity index (χ2n) is 5.23. The molecule has 1 aromatic heterocycles. The third-order valence-electron chi connectivity index (χ3n) is 2.79. The van der Waals surface area contributed by atoms with Crippen LogP contribution in [0.15, 0.2) is 12.3 Å². The lowest BCUT2D eigenvalue weighted by molar-refractivity contribution is -0.122. The normalized spacial score (nSPS) is 12.7. The summed E-state index contributed by atoms with van der Waals surface area (Å²) >= 11 is 0. The van der Waals surface area contributed by atoms with Crippen molar-refractivity contribution in [3.63, 3.8) is 0 Å². The van der Waals surface area contributed by atoms with Crippen molar-refractivity contribution in [1.29, 1.82) is 0 Å². The van der Waals surface area contributed by atoms with Crippen LogP contribution in [0.1, 0.15) is 40.0 Å². The van der Waals surface area contributed by atoms with Crippen molar-refractivity contribution in [2.24, 2.45) is 5.92 Å². The van der Waals surface area contributed by atoms with Gasteiger partial charge >= 0.3 is 0 Å². The number of amides is 1. The molecule has 0 fully saturated rings. The molecule has 0 radical (unpaired) electrons. The number of nitrogens with zero attached hydrogens (tertiary/aromatic N) is 2. The number of anilines is 1. The van der Waals surface area contributed by atoms with Crippen LogP contribution in [0.25, 0.3) is 0 Å². The van der Waals surface area contributed by atoms with Gasteiger partial charge in [0.05, 0.1) is 0 Å². The van der Waals surface area contributed by atoms with Gasteiger partial charge in [0.15, 0.2) is 0 Å². The Bertz CT molecular complexity index is 373. The summed E-state index contributed by atoms with van der Waals surface area (Å²) in [6.45, 7) is 6.69. The van der Waals surface area contributed by atoms with Crippen molar-refractivity contribution >= 4 is 11.7 Å². The van der Waals surface area contributed by atoms with Gasteiger partial charge in [-0.3, -0.25) is 9.48 Å². The Morgan fingerprint density at radius 3 is 2.72 bits per heavy atom. The van der Waals surface area contributed by atoms with Crippen LogP contribution in [0, 0.1) is 5.92 Å². The summed E-state index contributed by atoms with van der Waals surface area (Å²) in [6, 6.07) is 1.89. The molecule has 5 heteroatoms. The minimum absolute atomic E-state index is 0.0184. The number of rotatable bonds is 7. The van der Waals surface area contributed by atoms with Crippen molar-refractivity contribution in [2.45, 2.75) is 52.6 Å². The number of hydrogen-bond donors (Lipinski definition) is 2. The molecule has 1 heterocycles. The van der Waals surface area contributed by atoms with E-state index in [2.05, 4.69) is 24.3 Å². The fourth-order valence-electron chi connectivity index (χ4n) is 1.84. The molecule has 0 saturated heterocycles. The third kappa shape index (κ3) is 5.70. The van der Waals surface area contributed by atoms with E-state index >= 15 is 0 Å². The number of aromatic nitrogens is 2. The molecule has 1 amide bonds. The zero-order valence-corrected chi connectivity index (χ0v) is 11.5. The minimum atomic E-state index is -0.0184. The van der Waals surface area contributed by atoms with Gasteiger partial charge < -0.3 is 11.1 Å². The second-order valence-corrected chi connectivity index (χ2v) is 5.23. The summed E-state index contributed by atoms with van der Waals surface area (Å²) in [5.74, 6) is 1.14. The first-order valence-electron chi connectivity index (χ1n) is 6.55. The van der Waals surface area contributed by atoms with Crippen molar-refractivity contribution in [2.75, 3.05) is 5.73 Å². The van der Waals surface area contributed by atoms with Crippen LogP contribution >= 0.6 is 0 Å². The van der Waals surface area contributed by atoms with Crippen molar-refractivity contribution in [3.8, 4) is 0 Å². The van der Waals surface area contributed by atoms with Gasteiger partial charge in [0, 0.05) is 12.2 Å². The van der Waals surface area contributed by atoms with Crippen LogP contribution in [0.2, 0.25) is 0 Å². The van der Waals surface area contributed by atoms with Gasteiger partial charge in [-0.2, -0.15) is 5.10 Å². The SMILES string of the molecule is CC(C)CCCC(C)NC(=O)Cn1ccc(N)n1. The summed E-state index contributed by atoms with van der Waals surface area (Å²) in [6.07, 6.45) is 5.08. The molecule has 1 rings (SSSR count). The zero-order valence-electron chi connectivity index (χ0n) is 11.5. The minimum Gasteiger partial charge on any atom is -0.382 e. The molecule has 0 aromatic carbocycles. The van der Waals surface area contributed by atoms with E-state index in [1.807, 2.05) is 6.92 Å². The predicted octanol–water partition coefficient (Wildman–Crippen LogP) is 1.80. The van der Waals surface area contributed by atoms with E-state index < -0.39 is 0 Å². The quantitative estimate of drug-likeness (QED) is 0.777. The highest BCUT2D eigenvalue weighted by Gasteiger charge is 2.08. The predicted molar refractivity (Wildman–Crippen MR) is 72.9 cm³/mol. The molecule has 18 heavy (non-hydrogen) atoms. The average Bonchev–Trinajstić information content (AvgIpc) is 2.62. The molecule has 102 valence electrons. The van der Waals surface area contributed by atoms with E-state index in [1.54, 1.807) is 16.9 Å².